The highest BCUT2D eigenvalue weighted by Crippen LogP contribution is 2.20. The average Bonchev–Trinajstić information content (AvgIpc) is 2.00. The molecule has 3 nitrogen and oxygen atoms in total. The van der Waals surface area contributed by atoms with Gasteiger partial charge in [-0.05, 0) is 11.8 Å². The first kappa shape index (κ1) is 13.5. The fraction of sp³-hybridized carbons (Fsp3) is 0.818. The molecule has 0 aliphatic carbocycles. The van der Waals surface area contributed by atoms with Gasteiger partial charge in [0.05, 0.1) is 25.6 Å². The summed E-state index contributed by atoms with van der Waals surface area (Å²) in [5.41, 5.74) is 0.139. The topological polar surface area (TPSA) is 38.7 Å². The second-order valence-corrected chi connectivity index (χ2v) is 4.53. The lowest BCUT2D eigenvalue weighted by atomic mass is 9.89. The number of rotatable bonds is 7. The predicted octanol–water partition coefficient (Wildman–Crippen LogP) is 1.96. The van der Waals surface area contributed by atoms with Gasteiger partial charge in [-0.3, -0.25) is 0 Å². The molecular weight excluding hydrogens is 180 g/mol. The molecule has 0 aliphatic rings. The summed E-state index contributed by atoms with van der Waals surface area (Å²) in [6, 6.07) is 0. The molecule has 0 spiro atoms. The van der Waals surface area contributed by atoms with Crippen molar-refractivity contribution in [1.29, 1.82) is 0 Å². The molecule has 0 bridgehead atoms. The van der Waals surface area contributed by atoms with Crippen LogP contribution in [-0.2, 0) is 9.47 Å². The zero-order valence-electron chi connectivity index (χ0n) is 9.45. The Morgan fingerprint density at radius 3 is 2.50 bits per heavy atom. The maximum Gasteiger partial charge on any atom is 0.111 e. The van der Waals surface area contributed by atoms with E-state index in [4.69, 9.17) is 9.47 Å². The van der Waals surface area contributed by atoms with Gasteiger partial charge in [-0.15, -0.1) is 0 Å². The van der Waals surface area contributed by atoms with E-state index in [-0.39, 0.29) is 5.41 Å². The van der Waals surface area contributed by atoms with Gasteiger partial charge in [0.15, 0.2) is 0 Å². The summed E-state index contributed by atoms with van der Waals surface area (Å²) < 4.78 is 10.1. The number of aliphatic hydroxyl groups is 1. The van der Waals surface area contributed by atoms with Crippen molar-refractivity contribution in [2.24, 2.45) is 5.41 Å². The molecule has 0 aliphatic heterocycles. The van der Waals surface area contributed by atoms with Crippen molar-refractivity contribution in [2.45, 2.75) is 33.3 Å². The van der Waals surface area contributed by atoms with Crippen LogP contribution in [0.5, 0.6) is 0 Å². The largest absolute Gasteiger partial charge is 0.499 e. The second-order valence-electron chi connectivity index (χ2n) is 4.53. The Morgan fingerprint density at radius 1 is 1.36 bits per heavy atom. The van der Waals surface area contributed by atoms with E-state index >= 15 is 0 Å². The van der Waals surface area contributed by atoms with Crippen molar-refractivity contribution in [2.75, 3.05) is 19.8 Å². The third-order valence-corrected chi connectivity index (χ3v) is 1.62. The first-order valence-corrected chi connectivity index (χ1v) is 4.94. The van der Waals surface area contributed by atoms with Crippen LogP contribution in [0, 0.1) is 5.41 Å². The molecule has 1 atom stereocenters. The smallest absolute Gasteiger partial charge is 0.111 e. The van der Waals surface area contributed by atoms with Crippen LogP contribution in [0.15, 0.2) is 12.8 Å². The van der Waals surface area contributed by atoms with E-state index in [2.05, 4.69) is 27.4 Å². The summed E-state index contributed by atoms with van der Waals surface area (Å²) in [5, 5.41) is 9.56. The fourth-order valence-corrected chi connectivity index (χ4v) is 1.18. The zero-order valence-corrected chi connectivity index (χ0v) is 9.45. The van der Waals surface area contributed by atoms with Crippen molar-refractivity contribution in [3.63, 3.8) is 0 Å². The van der Waals surface area contributed by atoms with Gasteiger partial charge < -0.3 is 14.6 Å². The van der Waals surface area contributed by atoms with E-state index < -0.39 is 6.10 Å². The Balaban J connectivity index is 3.35. The van der Waals surface area contributed by atoms with Crippen LogP contribution in [0.3, 0.4) is 0 Å². The van der Waals surface area contributed by atoms with E-state index in [0.717, 1.165) is 6.42 Å². The van der Waals surface area contributed by atoms with Crippen LogP contribution in [0.4, 0.5) is 0 Å². The van der Waals surface area contributed by atoms with Gasteiger partial charge in [-0.2, -0.15) is 0 Å². The molecule has 0 radical (unpaired) electrons. The lowest BCUT2D eigenvalue weighted by Gasteiger charge is -2.22. The highest BCUT2D eigenvalue weighted by atomic mass is 16.5. The Bertz CT molecular complexity index is 149. The van der Waals surface area contributed by atoms with Gasteiger partial charge in [-0.1, -0.05) is 27.4 Å². The minimum Gasteiger partial charge on any atom is -0.499 e. The summed E-state index contributed by atoms with van der Waals surface area (Å²) in [5.74, 6) is 0. The standard InChI is InChI=1S/C11H22O3/c1-5-13-6-7-14-9-10(12)8-11(2,3)4/h5,10,12H,1,6-9H2,2-4H3. The van der Waals surface area contributed by atoms with Crippen LogP contribution in [0.1, 0.15) is 27.2 Å². The quantitative estimate of drug-likeness (QED) is 0.506. The molecule has 0 aromatic carbocycles. The molecule has 1 unspecified atom stereocenters. The van der Waals surface area contributed by atoms with E-state index in [1.54, 1.807) is 0 Å². The van der Waals surface area contributed by atoms with Crippen LogP contribution in [-0.4, -0.2) is 31.0 Å². The third kappa shape index (κ3) is 9.55. The Labute approximate surface area is 86.7 Å². The van der Waals surface area contributed by atoms with Gasteiger partial charge in [-0.25, -0.2) is 0 Å². The molecule has 0 rings (SSSR count). The maximum atomic E-state index is 9.56. The molecule has 3 heteroatoms. The van der Waals surface area contributed by atoms with Crippen molar-refractivity contribution < 1.29 is 14.6 Å². The van der Waals surface area contributed by atoms with E-state index in [1.807, 2.05) is 0 Å². The molecule has 0 saturated carbocycles. The summed E-state index contributed by atoms with van der Waals surface area (Å²) in [4.78, 5) is 0. The van der Waals surface area contributed by atoms with Crippen molar-refractivity contribution in [1.82, 2.24) is 0 Å². The molecule has 1 N–H and O–H groups in total. The van der Waals surface area contributed by atoms with Crippen LogP contribution in [0.2, 0.25) is 0 Å². The Kier molecular flexibility index (Phi) is 6.58. The highest BCUT2D eigenvalue weighted by Gasteiger charge is 2.16. The monoisotopic (exact) mass is 202 g/mol. The fourth-order valence-electron chi connectivity index (χ4n) is 1.18. The van der Waals surface area contributed by atoms with Gasteiger partial charge in [0, 0.05) is 0 Å². The maximum absolute atomic E-state index is 9.56. The van der Waals surface area contributed by atoms with Gasteiger partial charge in [0.1, 0.15) is 6.61 Å². The summed E-state index contributed by atoms with van der Waals surface area (Å²) in [6.45, 7) is 11.1. The lowest BCUT2D eigenvalue weighted by Crippen LogP contribution is -2.23. The minimum absolute atomic E-state index is 0.139. The molecule has 0 heterocycles. The van der Waals surface area contributed by atoms with Crippen LogP contribution >= 0.6 is 0 Å². The predicted molar refractivity (Wildman–Crippen MR) is 57.0 cm³/mol. The van der Waals surface area contributed by atoms with E-state index in [0.29, 0.717) is 19.8 Å². The summed E-state index contributed by atoms with van der Waals surface area (Å²) in [6.07, 6.45) is 1.74. The summed E-state index contributed by atoms with van der Waals surface area (Å²) in [7, 11) is 0. The Hall–Kier alpha value is -0.540. The lowest BCUT2D eigenvalue weighted by molar-refractivity contribution is 0.00292. The van der Waals surface area contributed by atoms with E-state index in [1.165, 1.54) is 6.26 Å². The minimum atomic E-state index is -0.390. The van der Waals surface area contributed by atoms with Gasteiger partial charge >= 0.3 is 0 Å². The van der Waals surface area contributed by atoms with Gasteiger partial charge in [0.2, 0.25) is 0 Å². The number of hydrogen-bond donors (Lipinski definition) is 1. The third-order valence-electron chi connectivity index (χ3n) is 1.62. The number of aliphatic hydroxyl groups excluding tert-OH is 1. The van der Waals surface area contributed by atoms with Gasteiger partial charge in [0.25, 0.3) is 0 Å². The molecule has 14 heavy (non-hydrogen) atoms. The zero-order chi connectivity index (χ0) is 11.0. The second kappa shape index (κ2) is 6.85. The van der Waals surface area contributed by atoms with E-state index in [9.17, 15) is 5.11 Å². The normalized spacial score (nSPS) is 13.7. The van der Waals surface area contributed by atoms with Crippen molar-refractivity contribution in [3.05, 3.63) is 12.8 Å². The number of hydrogen-bond acceptors (Lipinski definition) is 3. The molecule has 0 saturated heterocycles. The Morgan fingerprint density at radius 2 is 2.00 bits per heavy atom. The molecule has 0 fully saturated rings. The van der Waals surface area contributed by atoms with Crippen LogP contribution in [0.25, 0.3) is 0 Å². The summed E-state index contributed by atoms with van der Waals surface area (Å²) >= 11 is 0. The van der Waals surface area contributed by atoms with Crippen molar-refractivity contribution >= 4 is 0 Å². The SMILES string of the molecule is C=COCCOCC(O)CC(C)(C)C. The molecule has 0 aromatic rings. The first-order chi connectivity index (χ1) is 6.45. The van der Waals surface area contributed by atoms with Crippen LogP contribution < -0.4 is 0 Å². The first-order valence-electron chi connectivity index (χ1n) is 4.94. The highest BCUT2D eigenvalue weighted by molar-refractivity contribution is 4.67. The molecule has 0 aromatic heterocycles. The molecule has 84 valence electrons. The average molecular weight is 202 g/mol. The number of ether oxygens (including phenoxy) is 2. The molecule has 0 amide bonds. The molecular formula is C11H22O3. The van der Waals surface area contributed by atoms with Crippen molar-refractivity contribution in [3.8, 4) is 0 Å².